The average Bonchev–Trinajstić information content (AvgIpc) is 2.95. The van der Waals surface area contributed by atoms with Gasteiger partial charge >= 0.3 is 0 Å². The number of aliphatic hydroxyl groups excluding tert-OH is 1. The third-order valence-corrected chi connectivity index (χ3v) is 3.77. The number of benzene rings is 2. The fourth-order valence-electron chi connectivity index (χ4n) is 2.44. The normalized spacial score (nSPS) is 10.8. The van der Waals surface area contributed by atoms with E-state index in [0.29, 0.717) is 5.89 Å². The number of rotatable bonds is 5. The number of aromatic nitrogens is 1. The molecule has 1 heterocycles. The molecule has 0 bridgehead atoms. The predicted octanol–water partition coefficient (Wildman–Crippen LogP) is 3.93. The zero-order chi connectivity index (χ0) is 15.4. The van der Waals surface area contributed by atoms with Crippen LogP contribution in [-0.4, -0.2) is 10.1 Å². The second kappa shape index (κ2) is 6.58. The van der Waals surface area contributed by atoms with Crippen molar-refractivity contribution in [1.82, 2.24) is 4.98 Å². The van der Waals surface area contributed by atoms with Crippen molar-refractivity contribution in [2.75, 3.05) is 0 Å². The lowest BCUT2D eigenvalue weighted by Gasteiger charge is -2.01. The Kier molecular flexibility index (Phi) is 4.35. The summed E-state index contributed by atoms with van der Waals surface area (Å²) in [5.74, 6) is 1.56. The first-order valence-corrected chi connectivity index (χ1v) is 7.46. The molecule has 0 aliphatic carbocycles. The Balaban J connectivity index is 1.71. The molecule has 112 valence electrons. The molecule has 0 fully saturated rings. The molecule has 22 heavy (non-hydrogen) atoms. The van der Waals surface area contributed by atoms with Crippen LogP contribution in [0.2, 0.25) is 0 Å². The molecule has 1 N–H and O–H groups in total. The summed E-state index contributed by atoms with van der Waals surface area (Å²) >= 11 is 0. The smallest absolute Gasteiger partial charge is 0.226 e. The van der Waals surface area contributed by atoms with Crippen molar-refractivity contribution in [1.29, 1.82) is 0 Å². The molecule has 0 atom stereocenters. The number of hydrogen-bond acceptors (Lipinski definition) is 3. The number of aryl methyl sites for hydroxylation is 3. The van der Waals surface area contributed by atoms with Crippen LogP contribution in [0.3, 0.4) is 0 Å². The van der Waals surface area contributed by atoms with E-state index in [1.54, 1.807) is 0 Å². The Morgan fingerprint density at radius 2 is 1.59 bits per heavy atom. The van der Waals surface area contributed by atoms with E-state index in [1.807, 2.05) is 49.4 Å². The molecule has 0 aliphatic heterocycles. The highest BCUT2D eigenvalue weighted by molar-refractivity contribution is 5.53. The van der Waals surface area contributed by atoms with E-state index in [1.165, 1.54) is 5.56 Å². The van der Waals surface area contributed by atoms with Crippen LogP contribution >= 0.6 is 0 Å². The van der Waals surface area contributed by atoms with Gasteiger partial charge in [-0.05, 0) is 43.0 Å². The molecular formula is C19H19NO2. The van der Waals surface area contributed by atoms with Crippen molar-refractivity contribution in [2.45, 2.75) is 26.4 Å². The van der Waals surface area contributed by atoms with E-state index < -0.39 is 0 Å². The standard InChI is InChI=1S/C19H19NO2/c1-14-18(12-11-15-7-9-16(13-21)10-8-15)20-19(22-14)17-5-3-2-4-6-17/h2-10,21H,11-13H2,1H3. The van der Waals surface area contributed by atoms with Crippen LogP contribution < -0.4 is 0 Å². The van der Waals surface area contributed by atoms with Crippen molar-refractivity contribution in [2.24, 2.45) is 0 Å². The lowest BCUT2D eigenvalue weighted by Crippen LogP contribution is -1.94. The molecule has 0 radical (unpaired) electrons. The van der Waals surface area contributed by atoms with Gasteiger partial charge in [-0.1, -0.05) is 42.5 Å². The van der Waals surface area contributed by atoms with Gasteiger partial charge in [0.1, 0.15) is 5.76 Å². The minimum Gasteiger partial charge on any atom is -0.441 e. The second-order valence-electron chi connectivity index (χ2n) is 5.36. The van der Waals surface area contributed by atoms with E-state index in [9.17, 15) is 0 Å². The lowest BCUT2D eigenvalue weighted by atomic mass is 10.1. The van der Waals surface area contributed by atoms with Gasteiger partial charge in [-0.25, -0.2) is 4.98 Å². The zero-order valence-corrected chi connectivity index (χ0v) is 12.6. The van der Waals surface area contributed by atoms with Crippen LogP contribution in [0, 0.1) is 6.92 Å². The Morgan fingerprint density at radius 3 is 2.27 bits per heavy atom. The van der Waals surface area contributed by atoms with Gasteiger partial charge in [0.25, 0.3) is 0 Å². The molecule has 3 nitrogen and oxygen atoms in total. The lowest BCUT2D eigenvalue weighted by molar-refractivity contribution is 0.282. The summed E-state index contributed by atoms with van der Waals surface area (Å²) in [5, 5.41) is 9.06. The zero-order valence-electron chi connectivity index (χ0n) is 12.6. The SMILES string of the molecule is Cc1oc(-c2ccccc2)nc1CCc1ccc(CO)cc1. The summed E-state index contributed by atoms with van der Waals surface area (Å²) in [4.78, 5) is 4.62. The summed E-state index contributed by atoms with van der Waals surface area (Å²) in [6.45, 7) is 2.05. The van der Waals surface area contributed by atoms with Gasteiger partial charge in [-0.2, -0.15) is 0 Å². The molecule has 3 aromatic rings. The van der Waals surface area contributed by atoms with Crippen molar-refractivity contribution in [3.05, 3.63) is 77.2 Å². The highest BCUT2D eigenvalue weighted by atomic mass is 16.4. The molecule has 0 amide bonds. The van der Waals surface area contributed by atoms with Gasteiger partial charge in [-0.15, -0.1) is 0 Å². The molecule has 0 spiro atoms. The Morgan fingerprint density at radius 1 is 0.909 bits per heavy atom. The van der Waals surface area contributed by atoms with Crippen molar-refractivity contribution in [3.8, 4) is 11.5 Å². The highest BCUT2D eigenvalue weighted by Gasteiger charge is 2.11. The van der Waals surface area contributed by atoms with Crippen molar-refractivity contribution < 1.29 is 9.52 Å². The molecule has 0 unspecified atom stereocenters. The Bertz CT molecular complexity index is 730. The van der Waals surface area contributed by atoms with E-state index >= 15 is 0 Å². The van der Waals surface area contributed by atoms with Crippen LogP contribution in [-0.2, 0) is 19.4 Å². The molecule has 1 aromatic heterocycles. The first kappa shape index (κ1) is 14.5. The number of hydrogen-bond donors (Lipinski definition) is 1. The highest BCUT2D eigenvalue weighted by Crippen LogP contribution is 2.22. The maximum absolute atomic E-state index is 9.06. The van der Waals surface area contributed by atoms with Gasteiger partial charge in [0.05, 0.1) is 12.3 Å². The first-order valence-electron chi connectivity index (χ1n) is 7.46. The van der Waals surface area contributed by atoms with Crippen LogP contribution in [0.4, 0.5) is 0 Å². The molecule has 0 saturated carbocycles. The summed E-state index contributed by atoms with van der Waals surface area (Å²) in [7, 11) is 0. The van der Waals surface area contributed by atoms with Gasteiger partial charge in [0.2, 0.25) is 5.89 Å². The van der Waals surface area contributed by atoms with Crippen LogP contribution in [0.15, 0.2) is 59.0 Å². The minimum absolute atomic E-state index is 0.0864. The van der Waals surface area contributed by atoms with E-state index in [4.69, 9.17) is 9.52 Å². The van der Waals surface area contributed by atoms with E-state index in [2.05, 4.69) is 17.1 Å². The molecular weight excluding hydrogens is 274 g/mol. The first-order chi connectivity index (χ1) is 10.8. The Labute approximate surface area is 130 Å². The largest absolute Gasteiger partial charge is 0.441 e. The van der Waals surface area contributed by atoms with Gasteiger partial charge < -0.3 is 9.52 Å². The number of nitrogens with zero attached hydrogens (tertiary/aromatic N) is 1. The molecule has 0 saturated heterocycles. The monoisotopic (exact) mass is 293 g/mol. The van der Waals surface area contributed by atoms with Crippen LogP contribution in [0.25, 0.3) is 11.5 Å². The maximum Gasteiger partial charge on any atom is 0.226 e. The summed E-state index contributed by atoms with van der Waals surface area (Å²) in [5.41, 5.74) is 4.18. The van der Waals surface area contributed by atoms with Crippen molar-refractivity contribution >= 4 is 0 Å². The third-order valence-electron chi connectivity index (χ3n) is 3.77. The molecule has 2 aromatic carbocycles. The number of oxazole rings is 1. The third kappa shape index (κ3) is 3.26. The maximum atomic E-state index is 9.06. The molecule has 3 heteroatoms. The van der Waals surface area contributed by atoms with Gasteiger partial charge in [0.15, 0.2) is 0 Å². The summed E-state index contributed by atoms with van der Waals surface area (Å²) in [6, 6.07) is 18.0. The van der Waals surface area contributed by atoms with Crippen molar-refractivity contribution in [3.63, 3.8) is 0 Å². The summed E-state index contributed by atoms with van der Waals surface area (Å²) < 4.78 is 5.78. The van der Waals surface area contributed by atoms with Gasteiger partial charge in [-0.3, -0.25) is 0 Å². The second-order valence-corrected chi connectivity index (χ2v) is 5.36. The van der Waals surface area contributed by atoms with E-state index in [0.717, 1.165) is 35.4 Å². The van der Waals surface area contributed by atoms with E-state index in [-0.39, 0.29) is 6.61 Å². The van der Waals surface area contributed by atoms with Gasteiger partial charge in [0, 0.05) is 5.56 Å². The fourth-order valence-corrected chi connectivity index (χ4v) is 2.44. The molecule has 0 aliphatic rings. The minimum atomic E-state index is 0.0864. The fraction of sp³-hybridized carbons (Fsp3) is 0.211. The number of aliphatic hydroxyl groups is 1. The average molecular weight is 293 g/mol. The topological polar surface area (TPSA) is 46.3 Å². The Hall–Kier alpha value is -2.39. The van der Waals surface area contributed by atoms with Crippen LogP contribution in [0.1, 0.15) is 22.6 Å². The summed E-state index contributed by atoms with van der Waals surface area (Å²) in [6.07, 6.45) is 1.76. The quantitative estimate of drug-likeness (QED) is 0.775. The van der Waals surface area contributed by atoms with Crippen LogP contribution in [0.5, 0.6) is 0 Å². The predicted molar refractivity (Wildman–Crippen MR) is 86.4 cm³/mol. The molecule has 3 rings (SSSR count).